The number of fused-ring (bicyclic) bond motifs is 1. The molecule has 0 fully saturated rings. The number of nitro groups is 1. The Morgan fingerprint density at radius 1 is 1.16 bits per heavy atom. The van der Waals surface area contributed by atoms with Crippen molar-refractivity contribution in [2.75, 3.05) is 0 Å². The Kier molecular flexibility index (Phi) is 3.27. The SMILES string of the molecule is Cn1cc(-c2ccnn3c([N+](=O)[O-])cnc23)c(-c2ccc(F)cc2)n1. The van der Waals surface area contributed by atoms with Crippen LogP contribution in [0.5, 0.6) is 0 Å². The molecule has 0 amide bonds. The molecule has 25 heavy (non-hydrogen) atoms. The Morgan fingerprint density at radius 2 is 1.92 bits per heavy atom. The van der Waals surface area contributed by atoms with Gasteiger partial charge in [0.2, 0.25) is 0 Å². The number of halogens is 1. The lowest BCUT2D eigenvalue weighted by molar-refractivity contribution is -0.391. The summed E-state index contributed by atoms with van der Waals surface area (Å²) in [6, 6.07) is 7.70. The van der Waals surface area contributed by atoms with Gasteiger partial charge in [-0.25, -0.2) is 9.37 Å². The molecule has 0 aliphatic heterocycles. The summed E-state index contributed by atoms with van der Waals surface area (Å²) in [5.41, 5.74) is 3.08. The second kappa shape index (κ2) is 5.48. The molecular weight excluding hydrogens is 327 g/mol. The number of rotatable bonds is 3. The van der Waals surface area contributed by atoms with E-state index >= 15 is 0 Å². The number of benzene rings is 1. The summed E-state index contributed by atoms with van der Waals surface area (Å²) in [5.74, 6) is -0.555. The Labute approximate surface area is 140 Å². The highest BCUT2D eigenvalue weighted by atomic mass is 19.1. The average Bonchev–Trinajstić information content (AvgIpc) is 3.19. The summed E-state index contributed by atoms with van der Waals surface area (Å²) in [4.78, 5) is 14.7. The standard InChI is InChI=1S/C16H11FN6O2/c1-21-9-13(15(20-21)10-2-4-11(17)5-3-10)12-6-7-19-22-14(23(24)25)8-18-16(12)22/h2-9H,1H3. The summed E-state index contributed by atoms with van der Waals surface area (Å²) in [5, 5.41) is 19.5. The Morgan fingerprint density at radius 3 is 2.64 bits per heavy atom. The van der Waals surface area contributed by atoms with Crippen LogP contribution in [0.1, 0.15) is 0 Å². The first kappa shape index (κ1) is 14.9. The molecule has 4 rings (SSSR count). The molecule has 8 nitrogen and oxygen atoms in total. The second-order valence-electron chi connectivity index (χ2n) is 5.43. The molecule has 0 aliphatic carbocycles. The molecule has 0 N–H and O–H groups in total. The van der Waals surface area contributed by atoms with E-state index in [0.717, 1.165) is 11.1 Å². The van der Waals surface area contributed by atoms with Crippen molar-refractivity contribution in [3.8, 4) is 22.4 Å². The zero-order valence-electron chi connectivity index (χ0n) is 13.0. The smallest absolute Gasteiger partial charge is 0.358 e. The van der Waals surface area contributed by atoms with Gasteiger partial charge in [0.25, 0.3) is 5.65 Å². The molecule has 0 radical (unpaired) electrons. The maximum atomic E-state index is 13.2. The Bertz CT molecular complexity index is 1100. The third-order valence-corrected chi connectivity index (χ3v) is 3.81. The van der Waals surface area contributed by atoms with E-state index in [2.05, 4.69) is 15.2 Å². The molecular formula is C16H11FN6O2. The summed E-state index contributed by atoms with van der Waals surface area (Å²) in [6.07, 6.45) is 4.42. The summed E-state index contributed by atoms with van der Waals surface area (Å²) in [7, 11) is 1.77. The summed E-state index contributed by atoms with van der Waals surface area (Å²) < 4.78 is 16.0. The number of aryl methyl sites for hydroxylation is 1. The van der Waals surface area contributed by atoms with Crippen molar-refractivity contribution in [2.24, 2.45) is 7.05 Å². The fourth-order valence-corrected chi connectivity index (χ4v) is 2.72. The van der Waals surface area contributed by atoms with Gasteiger partial charge >= 0.3 is 5.82 Å². The molecule has 0 saturated heterocycles. The third kappa shape index (κ3) is 2.42. The van der Waals surface area contributed by atoms with Gasteiger partial charge in [-0.05, 0) is 35.3 Å². The predicted molar refractivity (Wildman–Crippen MR) is 87.2 cm³/mol. The number of hydrogen-bond donors (Lipinski definition) is 0. The molecule has 0 bridgehead atoms. The minimum absolute atomic E-state index is 0.218. The topological polar surface area (TPSA) is 91.2 Å². The lowest BCUT2D eigenvalue weighted by Crippen LogP contribution is -1.98. The van der Waals surface area contributed by atoms with Crippen LogP contribution >= 0.6 is 0 Å². The van der Waals surface area contributed by atoms with Crippen LogP contribution in [0.3, 0.4) is 0 Å². The van der Waals surface area contributed by atoms with Crippen molar-refractivity contribution in [3.05, 3.63) is 64.9 Å². The number of hydrogen-bond acceptors (Lipinski definition) is 5. The van der Waals surface area contributed by atoms with Crippen molar-refractivity contribution in [2.45, 2.75) is 0 Å². The quantitative estimate of drug-likeness (QED) is 0.423. The minimum atomic E-state index is -0.541. The molecule has 0 aliphatic rings. The minimum Gasteiger partial charge on any atom is -0.358 e. The Hall–Kier alpha value is -3.62. The van der Waals surface area contributed by atoms with Crippen molar-refractivity contribution < 1.29 is 9.31 Å². The van der Waals surface area contributed by atoms with Crippen molar-refractivity contribution in [1.82, 2.24) is 24.4 Å². The van der Waals surface area contributed by atoms with E-state index in [1.807, 2.05) is 0 Å². The van der Waals surface area contributed by atoms with Gasteiger partial charge in [0.1, 0.15) is 17.7 Å². The molecule has 4 aromatic rings. The van der Waals surface area contributed by atoms with E-state index in [4.69, 9.17) is 0 Å². The number of nitrogens with zero attached hydrogens (tertiary/aromatic N) is 6. The molecule has 3 heterocycles. The monoisotopic (exact) mass is 338 g/mol. The highest BCUT2D eigenvalue weighted by molar-refractivity contribution is 5.87. The van der Waals surface area contributed by atoms with E-state index < -0.39 is 4.92 Å². The van der Waals surface area contributed by atoms with Crippen LogP contribution in [0.4, 0.5) is 10.2 Å². The van der Waals surface area contributed by atoms with E-state index in [9.17, 15) is 14.5 Å². The van der Waals surface area contributed by atoms with Crippen LogP contribution in [-0.2, 0) is 7.05 Å². The summed E-state index contributed by atoms with van der Waals surface area (Å²) >= 11 is 0. The van der Waals surface area contributed by atoms with Crippen LogP contribution in [-0.4, -0.2) is 29.3 Å². The lowest BCUT2D eigenvalue weighted by Gasteiger charge is -2.02. The number of aromatic nitrogens is 5. The third-order valence-electron chi connectivity index (χ3n) is 3.81. The van der Waals surface area contributed by atoms with Gasteiger partial charge in [-0.1, -0.05) is 9.61 Å². The normalized spacial score (nSPS) is 11.1. The van der Waals surface area contributed by atoms with Crippen molar-refractivity contribution in [3.63, 3.8) is 0 Å². The second-order valence-corrected chi connectivity index (χ2v) is 5.43. The van der Waals surface area contributed by atoms with Gasteiger partial charge in [0.15, 0.2) is 0 Å². The molecule has 0 atom stereocenters. The van der Waals surface area contributed by atoms with E-state index in [0.29, 0.717) is 16.9 Å². The first-order valence-corrected chi connectivity index (χ1v) is 7.31. The molecule has 0 spiro atoms. The van der Waals surface area contributed by atoms with Crippen molar-refractivity contribution >= 4 is 11.5 Å². The van der Waals surface area contributed by atoms with Gasteiger partial charge < -0.3 is 10.1 Å². The van der Waals surface area contributed by atoms with Gasteiger partial charge in [-0.2, -0.15) is 5.10 Å². The van der Waals surface area contributed by atoms with E-state index in [-0.39, 0.29) is 11.6 Å². The van der Waals surface area contributed by atoms with Crippen LogP contribution in [0, 0.1) is 15.9 Å². The van der Waals surface area contributed by atoms with Crippen LogP contribution in [0.15, 0.2) is 48.9 Å². The van der Waals surface area contributed by atoms with Gasteiger partial charge in [0.05, 0.1) is 11.8 Å². The molecule has 1 aromatic carbocycles. The lowest BCUT2D eigenvalue weighted by atomic mass is 10.0. The largest absolute Gasteiger partial charge is 0.368 e. The average molecular weight is 338 g/mol. The molecule has 3 aromatic heterocycles. The van der Waals surface area contributed by atoms with Crippen LogP contribution in [0.2, 0.25) is 0 Å². The molecule has 9 heteroatoms. The van der Waals surface area contributed by atoms with E-state index in [1.54, 1.807) is 36.1 Å². The van der Waals surface area contributed by atoms with Gasteiger partial charge in [-0.15, -0.1) is 0 Å². The fourth-order valence-electron chi connectivity index (χ4n) is 2.72. The maximum absolute atomic E-state index is 13.2. The summed E-state index contributed by atoms with van der Waals surface area (Å²) in [6.45, 7) is 0. The highest BCUT2D eigenvalue weighted by Gasteiger charge is 2.22. The van der Waals surface area contributed by atoms with Gasteiger partial charge in [0, 0.05) is 24.4 Å². The van der Waals surface area contributed by atoms with Gasteiger partial charge in [-0.3, -0.25) is 4.68 Å². The molecule has 124 valence electrons. The van der Waals surface area contributed by atoms with Crippen molar-refractivity contribution in [1.29, 1.82) is 0 Å². The van der Waals surface area contributed by atoms with Crippen LogP contribution < -0.4 is 0 Å². The zero-order valence-corrected chi connectivity index (χ0v) is 13.0. The van der Waals surface area contributed by atoms with E-state index in [1.165, 1.54) is 29.0 Å². The molecule has 0 unspecified atom stereocenters. The number of imidazole rings is 1. The Balaban J connectivity index is 1.96. The van der Waals surface area contributed by atoms with Crippen LogP contribution in [0.25, 0.3) is 28.0 Å². The predicted octanol–water partition coefficient (Wildman–Crippen LogP) is 2.84. The maximum Gasteiger partial charge on any atom is 0.368 e. The molecule has 0 saturated carbocycles. The first-order valence-electron chi connectivity index (χ1n) is 7.31. The zero-order chi connectivity index (χ0) is 17.6. The fraction of sp³-hybridized carbons (Fsp3) is 0.0625. The first-order chi connectivity index (χ1) is 12.0. The highest BCUT2D eigenvalue weighted by Crippen LogP contribution is 2.33.